The molecule has 26 heavy (non-hydrogen) atoms. The van der Waals surface area contributed by atoms with Gasteiger partial charge in [0.15, 0.2) is 0 Å². The number of H-pyrrole nitrogens is 1. The van der Waals surface area contributed by atoms with E-state index in [2.05, 4.69) is 26.2 Å². The number of hydrogen-bond donors (Lipinski definition) is 1. The third kappa shape index (κ3) is 2.70. The van der Waals surface area contributed by atoms with Crippen LogP contribution in [0.1, 0.15) is 16.1 Å². The minimum atomic E-state index is -0.828. The van der Waals surface area contributed by atoms with E-state index >= 15 is 0 Å². The lowest BCUT2D eigenvalue weighted by atomic mass is 10.0. The average Bonchev–Trinajstić information content (AvgIpc) is 3.16. The molecular weight excluding hydrogens is 402 g/mol. The summed E-state index contributed by atoms with van der Waals surface area (Å²) in [6.45, 7) is 0. The van der Waals surface area contributed by atoms with Crippen LogP contribution in [0.15, 0.2) is 73.4 Å². The molecule has 8 heteroatoms. The summed E-state index contributed by atoms with van der Waals surface area (Å²) in [5.41, 5.74) is 0.666. The van der Waals surface area contributed by atoms with Crippen molar-refractivity contribution in [3.8, 4) is 5.69 Å². The van der Waals surface area contributed by atoms with Gasteiger partial charge in [-0.3, -0.25) is 14.3 Å². The first kappa shape index (κ1) is 16.2. The van der Waals surface area contributed by atoms with Gasteiger partial charge in [0.05, 0.1) is 5.69 Å². The maximum absolute atomic E-state index is 12.7. The fourth-order valence-electron chi connectivity index (χ4n) is 2.68. The highest BCUT2D eigenvalue weighted by Crippen LogP contribution is 2.32. The zero-order valence-corrected chi connectivity index (χ0v) is 14.7. The van der Waals surface area contributed by atoms with Gasteiger partial charge in [0.25, 0.3) is 5.78 Å². The van der Waals surface area contributed by atoms with Crippen molar-refractivity contribution >= 4 is 38.9 Å². The number of nitrogens with zero attached hydrogens (tertiary/aromatic N) is 2. The number of carbonyl (C=O) groups is 1. The summed E-state index contributed by atoms with van der Waals surface area (Å²) in [7, 11) is 0. The van der Waals surface area contributed by atoms with Gasteiger partial charge < -0.3 is 5.11 Å². The molecule has 2 aromatic carbocycles. The number of para-hydroxylation sites is 1. The molecule has 3 aromatic rings. The number of rotatable bonds is 3. The Bertz CT molecular complexity index is 1140. The second-order valence-corrected chi connectivity index (χ2v) is 6.41. The van der Waals surface area contributed by atoms with Crippen LogP contribution < -0.4 is 15.4 Å². The first-order valence-electron chi connectivity index (χ1n) is 7.55. The Labute approximate surface area is 155 Å². The summed E-state index contributed by atoms with van der Waals surface area (Å²) in [6, 6.07) is 13.8. The van der Waals surface area contributed by atoms with Crippen molar-refractivity contribution in [1.29, 1.82) is 0 Å². The predicted octanol–water partition coefficient (Wildman–Crippen LogP) is 1.68. The lowest BCUT2D eigenvalue weighted by Crippen LogP contribution is -2.40. The molecule has 0 unspecified atom stereocenters. The summed E-state index contributed by atoms with van der Waals surface area (Å²) in [5.74, 6) is -1.17. The number of benzene rings is 2. The minimum Gasteiger partial charge on any atom is -0.858 e. The van der Waals surface area contributed by atoms with Crippen molar-refractivity contribution in [1.82, 2.24) is 5.27 Å². The van der Waals surface area contributed by atoms with Crippen molar-refractivity contribution in [3.05, 3.63) is 80.8 Å². The number of aromatic amines is 1. The normalized spacial score (nSPS) is 14.3. The molecule has 0 saturated carbocycles. The van der Waals surface area contributed by atoms with E-state index in [1.165, 1.54) is 4.68 Å². The fraction of sp³-hybridized carbons (Fsp3) is 0. The molecule has 2 heterocycles. The first-order chi connectivity index (χ1) is 12.5. The van der Waals surface area contributed by atoms with Gasteiger partial charge >= 0.3 is 11.3 Å². The Morgan fingerprint density at radius 1 is 1.19 bits per heavy atom. The lowest BCUT2D eigenvalue weighted by Gasteiger charge is -2.06. The van der Waals surface area contributed by atoms with Crippen molar-refractivity contribution in [2.75, 3.05) is 0 Å². The second-order valence-electron chi connectivity index (χ2n) is 5.50. The number of aliphatic imine (C=N–C) groups is 1. The van der Waals surface area contributed by atoms with Crippen LogP contribution in [0, 0.1) is 0 Å². The molecule has 0 amide bonds. The summed E-state index contributed by atoms with van der Waals surface area (Å²) in [4.78, 5) is 28.7. The number of hydrogen-bond acceptors (Lipinski definition) is 5. The molecule has 1 N–H and O–H groups in total. The molecule has 1 aromatic heterocycles. The van der Waals surface area contributed by atoms with E-state index in [4.69, 9.17) is 4.52 Å². The summed E-state index contributed by atoms with van der Waals surface area (Å²) in [6.07, 6.45) is 1.12. The highest BCUT2D eigenvalue weighted by Gasteiger charge is 2.30. The Kier molecular flexibility index (Phi) is 3.89. The predicted molar refractivity (Wildman–Crippen MR) is 94.4 cm³/mol. The second kappa shape index (κ2) is 6.23. The van der Waals surface area contributed by atoms with Crippen LogP contribution in [0.4, 0.5) is 5.69 Å². The largest absolute Gasteiger partial charge is 0.858 e. The van der Waals surface area contributed by atoms with Crippen LogP contribution in [0.5, 0.6) is 0 Å². The van der Waals surface area contributed by atoms with E-state index in [9.17, 15) is 14.7 Å². The van der Waals surface area contributed by atoms with E-state index in [1.807, 2.05) is 0 Å². The molecule has 0 atom stereocenters. The molecule has 7 nitrogen and oxygen atoms in total. The number of carbonyl (C=O) groups excluding carboxylic acids is 1. The third-order valence-electron chi connectivity index (χ3n) is 3.89. The molecule has 0 radical (unpaired) electrons. The number of nitrogens with one attached hydrogen (secondary N) is 1. The minimum absolute atomic E-state index is 0.147. The molecule has 128 valence electrons. The Balaban J connectivity index is 1.79. The highest BCUT2D eigenvalue weighted by molar-refractivity contribution is 9.10. The van der Waals surface area contributed by atoms with Crippen molar-refractivity contribution in [2.45, 2.75) is 0 Å². The number of fused-ring (bicyclic) bond motifs is 1. The Morgan fingerprint density at radius 2 is 1.92 bits per heavy atom. The zero-order chi connectivity index (χ0) is 18.3. The number of halogens is 1. The summed E-state index contributed by atoms with van der Waals surface area (Å²) in [5, 5.41) is 14.5. The van der Waals surface area contributed by atoms with Crippen molar-refractivity contribution in [3.63, 3.8) is 0 Å². The Hall–Kier alpha value is -3.26. The monoisotopic (exact) mass is 411 g/mol. The van der Waals surface area contributed by atoms with Crippen LogP contribution in [0.25, 0.3) is 11.3 Å². The van der Waals surface area contributed by atoms with Gasteiger partial charge in [0, 0.05) is 28.2 Å². The maximum Gasteiger partial charge on any atom is 0.439 e. The molecule has 0 saturated heterocycles. The lowest BCUT2D eigenvalue weighted by molar-refractivity contribution is -0.672. The number of aromatic nitrogens is 2. The molecule has 1 aliphatic rings. The van der Waals surface area contributed by atoms with Crippen molar-refractivity contribution in [2.24, 2.45) is 4.99 Å². The number of allylic oxidation sites excluding steroid dienone is 1. The van der Waals surface area contributed by atoms with Gasteiger partial charge in [0.1, 0.15) is 0 Å². The zero-order valence-electron chi connectivity index (χ0n) is 13.1. The topological polar surface area (TPSA) is 102 Å². The SMILES string of the molecule is O=C(/C=C1/C([O-])=Nc2ccccc21)c1c(=O)o[nH][n+]1-c1ccc(Br)cc1. The molecule has 0 spiro atoms. The van der Waals surface area contributed by atoms with E-state index in [-0.39, 0.29) is 11.3 Å². The standard InChI is InChI=1S/C18H10BrN3O4/c19-10-5-7-11(8-6-10)22-16(18(25)26-21-22)15(23)9-13-12-3-1-2-4-14(12)20-17(13)24/h1-9H,(H-,20,21,23,24,25). The Morgan fingerprint density at radius 3 is 2.69 bits per heavy atom. The van der Waals surface area contributed by atoms with Crippen molar-refractivity contribution < 1.29 is 19.1 Å². The van der Waals surface area contributed by atoms with Gasteiger partial charge in [-0.05, 0) is 39.6 Å². The van der Waals surface area contributed by atoms with Gasteiger partial charge in [-0.25, -0.2) is 4.79 Å². The third-order valence-corrected chi connectivity index (χ3v) is 4.42. The van der Waals surface area contributed by atoms with Crippen LogP contribution in [0.3, 0.4) is 0 Å². The van der Waals surface area contributed by atoms with Crippen LogP contribution in [-0.2, 0) is 0 Å². The quantitative estimate of drug-likeness (QED) is 0.402. The van der Waals surface area contributed by atoms with E-state index in [1.54, 1.807) is 48.5 Å². The number of ketones is 1. The van der Waals surface area contributed by atoms with Gasteiger partial charge in [-0.15, -0.1) is 0 Å². The van der Waals surface area contributed by atoms with Crippen LogP contribution in [-0.4, -0.2) is 17.0 Å². The molecule has 4 rings (SSSR count). The highest BCUT2D eigenvalue weighted by atomic mass is 79.9. The average molecular weight is 412 g/mol. The van der Waals surface area contributed by atoms with Gasteiger partial charge in [-0.1, -0.05) is 34.1 Å². The fourth-order valence-corrected chi connectivity index (χ4v) is 2.94. The molecule has 0 fully saturated rings. The molecule has 1 aliphatic heterocycles. The molecule has 0 aliphatic carbocycles. The van der Waals surface area contributed by atoms with Gasteiger partial charge in [-0.2, -0.15) is 0 Å². The molecule has 0 bridgehead atoms. The molecular formula is C18H10BrN3O4. The van der Waals surface area contributed by atoms with Crippen LogP contribution >= 0.6 is 15.9 Å². The van der Waals surface area contributed by atoms with E-state index in [0.717, 1.165) is 10.5 Å². The summed E-state index contributed by atoms with van der Waals surface area (Å²) >= 11 is 3.32. The summed E-state index contributed by atoms with van der Waals surface area (Å²) < 4.78 is 6.85. The van der Waals surface area contributed by atoms with Crippen LogP contribution in [0.2, 0.25) is 0 Å². The van der Waals surface area contributed by atoms with E-state index in [0.29, 0.717) is 16.9 Å². The maximum atomic E-state index is 12.7. The smallest absolute Gasteiger partial charge is 0.439 e. The van der Waals surface area contributed by atoms with E-state index < -0.39 is 17.3 Å². The first-order valence-corrected chi connectivity index (χ1v) is 8.35. The van der Waals surface area contributed by atoms with Gasteiger partial charge in [0.2, 0.25) is 5.69 Å².